The highest BCUT2D eigenvalue weighted by Gasteiger charge is 2.23. The summed E-state index contributed by atoms with van der Waals surface area (Å²) in [5.74, 6) is -2.86. The van der Waals surface area contributed by atoms with E-state index < -0.39 is 28.6 Å². The number of Topliss-reactive ketones (excluding diaryl/α,β-unsaturated/α-hetero) is 1. The molecule has 0 N–H and O–H groups in total. The number of hydrogen-bond donors (Lipinski definition) is 0. The summed E-state index contributed by atoms with van der Waals surface area (Å²) in [7, 11) is 0. The fourth-order valence-corrected chi connectivity index (χ4v) is 2.03. The molecule has 0 aromatic heterocycles. The van der Waals surface area contributed by atoms with Crippen molar-refractivity contribution >= 4 is 17.4 Å². The van der Waals surface area contributed by atoms with Crippen LogP contribution in [0.4, 0.5) is 13.2 Å². The van der Waals surface area contributed by atoms with E-state index in [1.165, 1.54) is 19.1 Å². The van der Waals surface area contributed by atoms with Crippen molar-refractivity contribution in [1.29, 1.82) is 0 Å². The van der Waals surface area contributed by atoms with Crippen LogP contribution >= 0.6 is 11.6 Å². The summed E-state index contributed by atoms with van der Waals surface area (Å²) in [5, 5.41) is -1.16. The Kier molecular flexibility index (Phi) is 4.14. The molecule has 2 aromatic carbocycles. The van der Waals surface area contributed by atoms with Crippen LogP contribution in [0.3, 0.4) is 0 Å². The van der Waals surface area contributed by atoms with E-state index in [1.54, 1.807) is 0 Å². The predicted octanol–water partition coefficient (Wildman–Crippen LogP) is 4.58. The van der Waals surface area contributed by atoms with Gasteiger partial charge in [0.05, 0.1) is 5.56 Å². The Labute approximate surface area is 119 Å². The SMILES string of the molecule is Cc1cc(C(=O)C(Cl)c2ccc(F)cc2)c(F)cc1F. The minimum absolute atomic E-state index is 0.151. The summed E-state index contributed by atoms with van der Waals surface area (Å²) < 4.78 is 39.6. The van der Waals surface area contributed by atoms with Crippen molar-refractivity contribution < 1.29 is 18.0 Å². The van der Waals surface area contributed by atoms with Crippen LogP contribution in [-0.4, -0.2) is 5.78 Å². The molecular formula is C15H10ClF3O. The van der Waals surface area contributed by atoms with Gasteiger partial charge in [-0.3, -0.25) is 4.79 Å². The molecule has 0 saturated heterocycles. The van der Waals surface area contributed by atoms with Crippen LogP contribution in [0, 0.1) is 24.4 Å². The number of carbonyl (C=O) groups excluding carboxylic acids is 1. The van der Waals surface area contributed by atoms with Crippen LogP contribution < -0.4 is 0 Å². The summed E-state index contributed by atoms with van der Waals surface area (Å²) in [4.78, 5) is 12.1. The first-order valence-electron chi connectivity index (χ1n) is 5.79. The van der Waals surface area contributed by atoms with E-state index in [-0.39, 0.29) is 11.1 Å². The summed E-state index contributed by atoms with van der Waals surface area (Å²) >= 11 is 5.98. The second kappa shape index (κ2) is 5.67. The number of ketones is 1. The van der Waals surface area contributed by atoms with Gasteiger partial charge in [-0.15, -0.1) is 11.6 Å². The highest BCUT2D eigenvalue weighted by Crippen LogP contribution is 2.27. The average molecular weight is 299 g/mol. The van der Waals surface area contributed by atoms with Crippen LogP contribution in [0.2, 0.25) is 0 Å². The molecule has 0 radical (unpaired) electrons. The third kappa shape index (κ3) is 2.85. The van der Waals surface area contributed by atoms with E-state index in [1.807, 2.05) is 0 Å². The van der Waals surface area contributed by atoms with Gasteiger partial charge in [-0.2, -0.15) is 0 Å². The Hall–Kier alpha value is -1.81. The summed E-state index contributed by atoms with van der Waals surface area (Å²) in [6.07, 6.45) is 0. The Morgan fingerprint density at radius 1 is 1.05 bits per heavy atom. The summed E-state index contributed by atoms with van der Waals surface area (Å²) in [6.45, 7) is 1.42. The second-order valence-corrected chi connectivity index (χ2v) is 4.80. The normalized spacial score (nSPS) is 12.2. The maximum atomic E-state index is 13.6. The average Bonchev–Trinajstić information content (AvgIpc) is 2.42. The van der Waals surface area contributed by atoms with Crippen molar-refractivity contribution in [3.8, 4) is 0 Å². The minimum atomic E-state index is -1.16. The van der Waals surface area contributed by atoms with E-state index in [4.69, 9.17) is 11.6 Å². The van der Waals surface area contributed by atoms with Gasteiger partial charge in [-0.25, -0.2) is 13.2 Å². The maximum absolute atomic E-state index is 13.6. The molecule has 0 bridgehead atoms. The largest absolute Gasteiger partial charge is 0.292 e. The summed E-state index contributed by atoms with van der Waals surface area (Å²) in [5.41, 5.74) is 0.213. The number of aryl methyl sites for hydroxylation is 1. The van der Waals surface area contributed by atoms with Gasteiger partial charge in [0, 0.05) is 6.07 Å². The zero-order valence-corrected chi connectivity index (χ0v) is 11.2. The lowest BCUT2D eigenvalue weighted by atomic mass is 10.00. The van der Waals surface area contributed by atoms with Gasteiger partial charge >= 0.3 is 0 Å². The second-order valence-electron chi connectivity index (χ2n) is 4.36. The molecule has 1 unspecified atom stereocenters. The van der Waals surface area contributed by atoms with E-state index in [9.17, 15) is 18.0 Å². The van der Waals surface area contributed by atoms with Gasteiger partial charge in [-0.1, -0.05) is 12.1 Å². The van der Waals surface area contributed by atoms with Crippen LogP contribution in [-0.2, 0) is 0 Å². The molecule has 20 heavy (non-hydrogen) atoms. The molecule has 1 atom stereocenters. The number of hydrogen-bond acceptors (Lipinski definition) is 1. The molecule has 0 spiro atoms. The van der Waals surface area contributed by atoms with E-state index >= 15 is 0 Å². The molecule has 0 heterocycles. The zero-order chi connectivity index (χ0) is 14.9. The highest BCUT2D eigenvalue weighted by molar-refractivity contribution is 6.33. The van der Waals surface area contributed by atoms with Gasteiger partial charge in [0.1, 0.15) is 22.8 Å². The van der Waals surface area contributed by atoms with Gasteiger partial charge in [-0.05, 0) is 36.2 Å². The van der Waals surface area contributed by atoms with Crippen molar-refractivity contribution in [2.75, 3.05) is 0 Å². The van der Waals surface area contributed by atoms with E-state index in [2.05, 4.69) is 0 Å². The van der Waals surface area contributed by atoms with Crippen molar-refractivity contribution in [3.05, 3.63) is 70.5 Å². The minimum Gasteiger partial charge on any atom is -0.292 e. The quantitative estimate of drug-likeness (QED) is 0.599. The monoisotopic (exact) mass is 298 g/mol. The maximum Gasteiger partial charge on any atom is 0.188 e. The molecule has 0 saturated carbocycles. The first-order chi connectivity index (χ1) is 9.40. The fourth-order valence-electron chi connectivity index (χ4n) is 1.77. The lowest BCUT2D eigenvalue weighted by molar-refractivity contribution is 0.0983. The number of benzene rings is 2. The van der Waals surface area contributed by atoms with Crippen molar-refractivity contribution in [2.45, 2.75) is 12.3 Å². The number of alkyl halides is 1. The first-order valence-corrected chi connectivity index (χ1v) is 6.23. The van der Waals surface area contributed by atoms with Crippen LogP contribution in [0.25, 0.3) is 0 Å². The molecule has 1 nitrogen and oxygen atoms in total. The number of halogens is 4. The molecule has 5 heteroatoms. The Balaban J connectivity index is 2.36. The molecule has 0 amide bonds. The standard InChI is InChI=1S/C15H10ClF3O/c1-8-6-11(13(19)7-12(8)18)15(20)14(16)9-2-4-10(17)5-3-9/h2-7,14H,1H3. The molecule has 0 aliphatic carbocycles. The van der Waals surface area contributed by atoms with Gasteiger partial charge < -0.3 is 0 Å². The van der Waals surface area contributed by atoms with Gasteiger partial charge in [0.25, 0.3) is 0 Å². The van der Waals surface area contributed by atoms with Crippen molar-refractivity contribution in [1.82, 2.24) is 0 Å². The molecule has 0 fully saturated rings. The van der Waals surface area contributed by atoms with Crippen LogP contribution in [0.5, 0.6) is 0 Å². The smallest absolute Gasteiger partial charge is 0.188 e. The lowest BCUT2D eigenvalue weighted by Crippen LogP contribution is -2.10. The van der Waals surface area contributed by atoms with E-state index in [0.717, 1.165) is 18.2 Å². The predicted molar refractivity (Wildman–Crippen MR) is 70.4 cm³/mol. The molecule has 2 aromatic rings. The van der Waals surface area contributed by atoms with Gasteiger partial charge in [0.15, 0.2) is 5.78 Å². The van der Waals surface area contributed by atoms with Crippen LogP contribution in [0.15, 0.2) is 36.4 Å². The van der Waals surface area contributed by atoms with Gasteiger partial charge in [0.2, 0.25) is 0 Å². The number of carbonyl (C=O) groups is 1. The number of rotatable bonds is 3. The Morgan fingerprint density at radius 3 is 2.25 bits per heavy atom. The third-order valence-electron chi connectivity index (χ3n) is 2.91. The topological polar surface area (TPSA) is 17.1 Å². The molecular weight excluding hydrogens is 289 g/mol. The third-order valence-corrected chi connectivity index (χ3v) is 3.36. The van der Waals surface area contributed by atoms with Crippen molar-refractivity contribution in [2.24, 2.45) is 0 Å². The molecule has 2 rings (SSSR count). The molecule has 0 aliphatic heterocycles. The Bertz CT molecular complexity index is 653. The van der Waals surface area contributed by atoms with E-state index in [0.29, 0.717) is 11.6 Å². The summed E-state index contributed by atoms with van der Waals surface area (Å²) in [6, 6.07) is 6.77. The lowest BCUT2D eigenvalue weighted by Gasteiger charge is -2.10. The molecule has 0 aliphatic rings. The Morgan fingerprint density at radius 2 is 1.65 bits per heavy atom. The van der Waals surface area contributed by atoms with Crippen molar-refractivity contribution in [3.63, 3.8) is 0 Å². The van der Waals surface area contributed by atoms with Crippen LogP contribution in [0.1, 0.15) is 26.9 Å². The fraction of sp³-hybridized carbons (Fsp3) is 0.133. The highest BCUT2D eigenvalue weighted by atomic mass is 35.5. The zero-order valence-electron chi connectivity index (χ0n) is 10.5. The first kappa shape index (κ1) is 14.6. The molecule has 104 valence electrons.